The molecule has 0 saturated carbocycles. The van der Waals surface area contributed by atoms with Crippen LogP contribution < -0.4 is 0 Å². The van der Waals surface area contributed by atoms with Gasteiger partial charge in [0.2, 0.25) is 5.91 Å². The van der Waals surface area contributed by atoms with E-state index in [1.807, 2.05) is 22.9 Å². The number of likely N-dealkylation sites (tertiary alicyclic amines) is 1. The molecule has 0 radical (unpaired) electrons. The number of rotatable bonds is 3. The first-order valence-electron chi connectivity index (χ1n) is 6.16. The molecule has 0 aliphatic carbocycles. The van der Waals surface area contributed by atoms with Crippen LogP contribution in [0.3, 0.4) is 0 Å². The zero-order valence-corrected chi connectivity index (χ0v) is 11.9. The second-order valence-corrected chi connectivity index (χ2v) is 6.39. The van der Waals surface area contributed by atoms with Crippen molar-refractivity contribution in [2.45, 2.75) is 18.9 Å². The van der Waals surface area contributed by atoms with Gasteiger partial charge in [0.1, 0.15) is 5.01 Å². The Morgan fingerprint density at radius 3 is 3.11 bits per heavy atom. The van der Waals surface area contributed by atoms with E-state index in [4.69, 9.17) is 0 Å². The molecule has 3 heterocycles. The molecule has 0 unspecified atom stereocenters. The number of thiazole rings is 1. The summed E-state index contributed by atoms with van der Waals surface area (Å²) in [7, 11) is 0. The number of nitrogens with zero attached hydrogens (tertiary/aromatic N) is 2. The minimum absolute atomic E-state index is 0.0552. The summed E-state index contributed by atoms with van der Waals surface area (Å²) >= 11 is 3.22. The Kier molecular flexibility index (Phi) is 3.63. The van der Waals surface area contributed by atoms with Gasteiger partial charge in [-0.2, -0.15) is 0 Å². The lowest BCUT2D eigenvalue weighted by Gasteiger charge is -2.14. The van der Waals surface area contributed by atoms with Crippen LogP contribution in [0, 0.1) is 0 Å². The van der Waals surface area contributed by atoms with Crippen molar-refractivity contribution in [2.24, 2.45) is 0 Å². The van der Waals surface area contributed by atoms with E-state index in [9.17, 15) is 9.90 Å². The van der Waals surface area contributed by atoms with Gasteiger partial charge in [0.15, 0.2) is 0 Å². The lowest BCUT2D eigenvalue weighted by atomic mass is 10.3. The highest BCUT2D eigenvalue weighted by Crippen LogP contribution is 2.28. The summed E-state index contributed by atoms with van der Waals surface area (Å²) in [6, 6.07) is 4.03. The molecule has 0 aromatic carbocycles. The number of aliphatic hydroxyl groups is 1. The molecule has 1 aliphatic rings. The molecule has 2 aromatic rings. The number of carbonyl (C=O) groups excluding carboxylic acids is 1. The maximum absolute atomic E-state index is 12.0. The average Bonchev–Trinajstić information content (AvgIpc) is 3.07. The minimum atomic E-state index is -0.360. The summed E-state index contributed by atoms with van der Waals surface area (Å²) in [5.41, 5.74) is 0.819. The summed E-state index contributed by atoms with van der Waals surface area (Å²) in [5, 5.41) is 14.4. The Hall–Kier alpha value is -1.24. The van der Waals surface area contributed by atoms with Crippen LogP contribution in [0.15, 0.2) is 22.9 Å². The van der Waals surface area contributed by atoms with Gasteiger partial charge < -0.3 is 10.0 Å². The van der Waals surface area contributed by atoms with Crippen molar-refractivity contribution in [3.8, 4) is 9.88 Å². The third kappa shape index (κ3) is 2.86. The van der Waals surface area contributed by atoms with Gasteiger partial charge in [-0.25, -0.2) is 4.98 Å². The largest absolute Gasteiger partial charge is 0.391 e. The summed E-state index contributed by atoms with van der Waals surface area (Å²) in [5.74, 6) is 0.0552. The van der Waals surface area contributed by atoms with Crippen LogP contribution in [0.4, 0.5) is 0 Å². The van der Waals surface area contributed by atoms with Crippen LogP contribution in [-0.4, -0.2) is 40.1 Å². The fraction of sp³-hybridized carbons (Fsp3) is 0.385. The standard InChI is InChI=1S/C13H14N2O2S2/c16-10-3-4-15(7-10)12(17)6-9-8-19-13(14-9)11-2-1-5-18-11/h1-2,5,8,10,16H,3-4,6-7H2/t10-/m0/s1. The van der Waals surface area contributed by atoms with E-state index in [1.165, 1.54) is 0 Å². The topological polar surface area (TPSA) is 53.4 Å². The van der Waals surface area contributed by atoms with Gasteiger partial charge in [0.25, 0.3) is 0 Å². The van der Waals surface area contributed by atoms with Crippen LogP contribution in [0.5, 0.6) is 0 Å². The SMILES string of the molecule is O=C(Cc1csc(-c2cccs2)n1)N1CC[C@H](O)C1. The quantitative estimate of drug-likeness (QED) is 0.942. The summed E-state index contributed by atoms with van der Waals surface area (Å²) in [6.45, 7) is 1.11. The van der Waals surface area contributed by atoms with Crippen molar-refractivity contribution in [2.75, 3.05) is 13.1 Å². The van der Waals surface area contributed by atoms with Crippen LogP contribution in [0.1, 0.15) is 12.1 Å². The van der Waals surface area contributed by atoms with Crippen LogP contribution in [0.25, 0.3) is 9.88 Å². The molecule has 100 valence electrons. The number of hydrogen-bond acceptors (Lipinski definition) is 5. The molecule has 6 heteroatoms. The Balaban J connectivity index is 1.66. The number of thiophene rings is 1. The number of carbonyl (C=O) groups is 1. The number of β-amino-alcohol motifs (C(OH)–C–C–N with tert-alkyl or cyclic N) is 1. The summed E-state index contributed by atoms with van der Waals surface area (Å²) < 4.78 is 0. The molecular formula is C13H14N2O2S2. The maximum atomic E-state index is 12.0. The van der Waals surface area contributed by atoms with E-state index in [1.54, 1.807) is 27.6 Å². The summed E-state index contributed by atoms with van der Waals surface area (Å²) in [6.07, 6.45) is 0.652. The van der Waals surface area contributed by atoms with E-state index in [0.29, 0.717) is 25.9 Å². The van der Waals surface area contributed by atoms with Crippen LogP contribution in [-0.2, 0) is 11.2 Å². The smallest absolute Gasteiger partial charge is 0.228 e. The van der Waals surface area contributed by atoms with Gasteiger partial charge in [0.05, 0.1) is 23.1 Å². The highest BCUT2D eigenvalue weighted by atomic mass is 32.1. The third-order valence-electron chi connectivity index (χ3n) is 3.13. The molecule has 3 rings (SSSR count). The van der Waals surface area contributed by atoms with Crippen molar-refractivity contribution < 1.29 is 9.90 Å². The molecule has 0 bridgehead atoms. The second-order valence-electron chi connectivity index (χ2n) is 4.58. The average molecular weight is 294 g/mol. The lowest BCUT2D eigenvalue weighted by molar-refractivity contribution is -0.129. The van der Waals surface area contributed by atoms with Gasteiger partial charge in [-0.15, -0.1) is 22.7 Å². The highest BCUT2D eigenvalue weighted by Gasteiger charge is 2.24. The highest BCUT2D eigenvalue weighted by molar-refractivity contribution is 7.20. The van der Waals surface area contributed by atoms with Gasteiger partial charge in [-0.05, 0) is 17.9 Å². The Morgan fingerprint density at radius 2 is 2.42 bits per heavy atom. The third-order valence-corrected chi connectivity index (χ3v) is 5.06. The van der Waals surface area contributed by atoms with Gasteiger partial charge >= 0.3 is 0 Å². The molecule has 19 heavy (non-hydrogen) atoms. The first kappa shape index (κ1) is 12.8. The summed E-state index contributed by atoms with van der Waals surface area (Å²) in [4.78, 5) is 19.4. The Labute approximate surface area is 119 Å². The Morgan fingerprint density at radius 1 is 1.53 bits per heavy atom. The van der Waals surface area contributed by atoms with Crippen LogP contribution in [0.2, 0.25) is 0 Å². The van der Waals surface area contributed by atoms with Crippen molar-refractivity contribution >= 4 is 28.6 Å². The normalized spacial score (nSPS) is 19.0. The van der Waals surface area contributed by atoms with Crippen molar-refractivity contribution in [1.82, 2.24) is 9.88 Å². The van der Waals surface area contributed by atoms with Crippen molar-refractivity contribution in [1.29, 1.82) is 0 Å². The van der Waals surface area contributed by atoms with E-state index in [0.717, 1.165) is 15.6 Å². The number of hydrogen-bond donors (Lipinski definition) is 1. The lowest BCUT2D eigenvalue weighted by Crippen LogP contribution is -2.30. The number of amides is 1. The molecule has 1 N–H and O–H groups in total. The predicted molar refractivity (Wildman–Crippen MR) is 76.3 cm³/mol. The zero-order chi connectivity index (χ0) is 13.2. The molecule has 0 spiro atoms. The van der Waals surface area contributed by atoms with E-state index in [2.05, 4.69) is 4.98 Å². The van der Waals surface area contributed by atoms with Gasteiger partial charge in [-0.1, -0.05) is 6.07 Å². The first-order valence-corrected chi connectivity index (χ1v) is 7.92. The molecule has 1 aliphatic heterocycles. The second kappa shape index (κ2) is 5.40. The molecule has 1 amide bonds. The van der Waals surface area contributed by atoms with Crippen molar-refractivity contribution in [3.63, 3.8) is 0 Å². The molecule has 1 saturated heterocycles. The number of aromatic nitrogens is 1. The minimum Gasteiger partial charge on any atom is -0.391 e. The molecular weight excluding hydrogens is 280 g/mol. The maximum Gasteiger partial charge on any atom is 0.228 e. The van der Waals surface area contributed by atoms with E-state index >= 15 is 0 Å². The van der Waals surface area contributed by atoms with E-state index in [-0.39, 0.29) is 12.0 Å². The fourth-order valence-electron chi connectivity index (χ4n) is 2.14. The molecule has 2 aromatic heterocycles. The first-order chi connectivity index (χ1) is 9.22. The monoisotopic (exact) mass is 294 g/mol. The number of aliphatic hydroxyl groups excluding tert-OH is 1. The Bertz CT molecular complexity index is 565. The van der Waals surface area contributed by atoms with E-state index < -0.39 is 0 Å². The van der Waals surface area contributed by atoms with Crippen LogP contribution >= 0.6 is 22.7 Å². The van der Waals surface area contributed by atoms with Crippen molar-refractivity contribution in [3.05, 3.63) is 28.6 Å². The fourth-order valence-corrected chi connectivity index (χ4v) is 3.77. The predicted octanol–water partition coefficient (Wildman–Crippen LogP) is 2.01. The molecule has 4 nitrogen and oxygen atoms in total. The van der Waals surface area contributed by atoms with Gasteiger partial charge in [0, 0.05) is 18.5 Å². The zero-order valence-electron chi connectivity index (χ0n) is 10.3. The molecule has 1 fully saturated rings. The molecule has 1 atom stereocenters. The van der Waals surface area contributed by atoms with Gasteiger partial charge in [-0.3, -0.25) is 4.79 Å².